The normalized spacial score (nSPS) is 16.6. The van der Waals surface area contributed by atoms with Crippen molar-refractivity contribution in [3.05, 3.63) is 129 Å². The van der Waals surface area contributed by atoms with Crippen molar-refractivity contribution in [2.24, 2.45) is 5.73 Å². The van der Waals surface area contributed by atoms with E-state index in [9.17, 15) is 19.5 Å². The van der Waals surface area contributed by atoms with E-state index >= 15 is 0 Å². The highest BCUT2D eigenvalue weighted by Crippen LogP contribution is 2.41. The molecule has 4 aromatic carbocycles. The number of anilines is 1. The number of amides is 1. The van der Waals surface area contributed by atoms with E-state index in [2.05, 4.69) is 55.5 Å². The topological polar surface area (TPSA) is 174 Å². The number of hydrogen-bond donors (Lipinski definition) is 5. The number of phenols is 1. The number of nitrogens with two attached hydrogens (primary N) is 1. The first-order chi connectivity index (χ1) is 28.6. The van der Waals surface area contributed by atoms with Gasteiger partial charge in [0.05, 0.1) is 22.8 Å². The molecule has 0 radical (unpaired) electrons. The van der Waals surface area contributed by atoms with Crippen molar-refractivity contribution in [2.45, 2.75) is 109 Å². The van der Waals surface area contributed by atoms with Gasteiger partial charge in [0.15, 0.2) is 13.9 Å². The SMILES string of the molecule is CC(C)(C)[Si](C)(C)O[C@@H](CNCc1ccc2oc(=O)n(CCCc3ccc(-c4ccccc4)c(NC(=O)OC4CCC(N)CC4)c3)c2c1)c1ccc(O)c2[nH]c(=O)ccc12. The minimum atomic E-state index is -2.26. The Labute approximate surface area is 351 Å². The number of hydrogen-bond acceptors (Lipinski definition) is 9. The highest BCUT2D eigenvalue weighted by Gasteiger charge is 2.40. The molecule has 2 aromatic heterocycles. The molecule has 0 saturated heterocycles. The highest BCUT2D eigenvalue weighted by molar-refractivity contribution is 6.74. The fourth-order valence-corrected chi connectivity index (χ4v) is 9.00. The maximum atomic E-state index is 13.1. The summed E-state index contributed by atoms with van der Waals surface area (Å²) in [6.07, 6.45) is 3.54. The van der Waals surface area contributed by atoms with Crippen molar-refractivity contribution >= 4 is 42.1 Å². The third kappa shape index (κ3) is 9.93. The maximum absolute atomic E-state index is 13.1. The molecule has 60 heavy (non-hydrogen) atoms. The number of aryl methyl sites for hydroxylation is 2. The van der Waals surface area contributed by atoms with Crippen LogP contribution >= 0.6 is 0 Å². The van der Waals surface area contributed by atoms with Gasteiger partial charge in [-0.2, -0.15) is 0 Å². The number of benzene rings is 4. The molecule has 1 saturated carbocycles. The lowest BCUT2D eigenvalue weighted by Gasteiger charge is -2.39. The van der Waals surface area contributed by atoms with Gasteiger partial charge in [-0.05, 0) is 109 Å². The van der Waals surface area contributed by atoms with Crippen molar-refractivity contribution in [1.82, 2.24) is 14.9 Å². The van der Waals surface area contributed by atoms with Crippen LogP contribution in [0, 0.1) is 0 Å². The Bertz CT molecular complexity index is 2570. The second-order valence-corrected chi connectivity index (χ2v) is 22.3. The van der Waals surface area contributed by atoms with Crippen molar-refractivity contribution in [1.29, 1.82) is 0 Å². The molecule has 0 bridgehead atoms. The van der Waals surface area contributed by atoms with Crippen molar-refractivity contribution in [3.8, 4) is 16.9 Å². The Hall–Kier alpha value is -5.47. The first kappa shape index (κ1) is 42.6. The summed E-state index contributed by atoms with van der Waals surface area (Å²) in [4.78, 5) is 41.2. The molecule has 1 aliphatic rings. The molecule has 1 atom stereocenters. The van der Waals surface area contributed by atoms with Crippen LogP contribution in [0.25, 0.3) is 33.1 Å². The number of carbonyl (C=O) groups is 1. The predicted molar refractivity (Wildman–Crippen MR) is 240 cm³/mol. The van der Waals surface area contributed by atoms with Gasteiger partial charge in [-0.25, -0.2) is 9.59 Å². The summed E-state index contributed by atoms with van der Waals surface area (Å²) in [5, 5.41) is 17.9. The lowest BCUT2D eigenvalue weighted by Crippen LogP contribution is -2.43. The van der Waals surface area contributed by atoms with E-state index in [1.807, 2.05) is 66.7 Å². The molecule has 316 valence electrons. The third-order valence-corrected chi connectivity index (χ3v) is 16.6. The summed E-state index contributed by atoms with van der Waals surface area (Å²) in [5.74, 6) is -0.408. The molecule has 7 rings (SSSR count). The van der Waals surface area contributed by atoms with Gasteiger partial charge in [-0.15, -0.1) is 0 Å². The second kappa shape index (κ2) is 18.0. The van der Waals surface area contributed by atoms with Crippen LogP contribution in [0.2, 0.25) is 18.1 Å². The van der Waals surface area contributed by atoms with E-state index in [0.29, 0.717) is 49.3 Å². The minimum Gasteiger partial charge on any atom is -0.506 e. The minimum absolute atomic E-state index is 0.00544. The van der Waals surface area contributed by atoms with Crippen LogP contribution in [0.3, 0.4) is 0 Å². The number of nitrogens with one attached hydrogen (secondary N) is 3. The Balaban J connectivity index is 1.04. The molecule has 12 nitrogen and oxygen atoms in total. The summed E-state index contributed by atoms with van der Waals surface area (Å²) in [5.41, 5.74) is 12.8. The molecule has 1 amide bonds. The quantitative estimate of drug-likeness (QED) is 0.0671. The molecule has 6 aromatic rings. The van der Waals surface area contributed by atoms with Crippen LogP contribution in [0.15, 0.2) is 105 Å². The molecule has 0 unspecified atom stereocenters. The highest BCUT2D eigenvalue weighted by atomic mass is 28.4. The number of carbonyl (C=O) groups excluding carboxylic acids is 1. The smallest absolute Gasteiger partial charge is 0.419 e. The monoisotopic (exact) mass is 831 g/mol. The maximum Gasteiger partial charge on any atom is 0.419 e. The predicted octanol–water partition coefficient (Wildman–Crippen LogP) is 9.11. The van der Waals surface area contributed by atoms with Crippen molar-refractivity contribution < 1.29 is 23.5 Å². The van der Waals surface area contributed by atoms with E-state index < -0.39 is 20.2 Å². The van der Waals surface area contributed by atoms with E-state index in [-0.39, 0.29) is 34.6 Å². The lowest BCUT2D eigenvalue weighted by molar-refractivity contribution is 0.0826. The molecular formula is C47H57N5O7Si. The van der Waals surface area contributed by atoms with Gasteiger partial charge in [-0.1, -0.05) is 75.4 Å². The van der Waals surface area contributed by atoms with E-state index in [4.69, 9.17) is 19.3 Å². The lowest BCUT2D eigenvalue weighted by atomic mass is 9.94. The first-order valence-corrected chi connectivity index (χ1v) is 23.8. The zero-order valence-corrected chi connectivity index (χ0v) is 36.2. The number of H-pyrrole nitrogens is 1. The fourth-order valence-electron chi connectivity index (χ4n) is 7.72. The zero-order valence-electron chi connectivity index (χ0n) is 35.2. The second-order valence-electron chi connectivity index (χ2n) is 17.5. The van der Waals surface area contributed by atoms with E-state index in [0.717, 1.165) is 64.4 Å². The van der Waals surface area contributed by atoms with Crippen LogP contribution in [-0.2, 0) is 28.7 Å². The molecule has 0 aliphatic heterocycles. The van der Waals surface area contributed by atoms with Gasteiger partial charge in [0, 0.05) is 42.7 Å². The Morgan fingerprint density at radius 1 is 0.967 bits per heavy atom. The number of rotatable bonds is 14. The molecule has 2 heterocycles. The van der Waals surface area contributed by atoms with Crippen LogP contribution in [0.1, 0.15) is 75.7 Å². The summed E-state index contributed by atoms with van der Waals surface area (Å²) in [6.45, 7) is 12.4. The molecule has 6 N–H and O–H groups in total. The molecule has 1 fully saturated rings. The van der Waals surface area contributed by atoms with E-state index in [1.54, 1.807) is 16.7 Å². The molecule has 1 aliphatic carbocycles. The number of ether oxygens (including phenoxy) is 1. The average Bonchev–Trinajstić information content (AvgIpc) is 3.52. The molecular weight excluding hydrogens is 775 g/mol. The van der Waals surface area contributed by atoms with Gasteiger partial charge >= 0.3 is 11.8 Å². The number of nitrogens with zero attached hydrogens (tertiary/aromatic N) is 1. The van der Waals surface area contributed by atoms with Gasteiger partial charge in [-0.3, -0.25) is 14.7 Å². The molecule has 0 spiro atoms. The van der Waals surface area contributed by atoms with Crippen molar-refractivity contribution in [2.75, 3.05) is 11.9 Å². The Kier molecular flexibility index (Phi) is 12.8. The van der Waals surface area contributed by atoms with Gasteiger partial charge in [0.25, 0.3) is 0 Å². The number of aromatic nitrogens is 2. The van der Waals surface area contributed by atoms with Crippen LogP contribution in [0.5, 0.6) is 5.75 Å². The summed E-state index contributed by atoms with van der Waals surface area (Å²) >= 11 is 0. The Morgan fingerprint density at radius 3 is 2.47 bits per heavy atom. The van der Waals surface area contributed by atoms with Gasteiger partial charge in [0.2, 0.25) is 5.56 Å². The number of phenolic OH excluding ortho intramolecular Hbond substituents is 1. The number of aromatic amines is 1. The number of fused-ring (bicyclic) bond motifs is 2. The standard InChI is InChI=1S/C47H57N5O7Si/c1-47(2,3)60(4,5)59-42(36-20-22-40(53)44-37(36)21-24-43(54)51-44)29-49-28-31-14-23-41-39(27-31)52(46(56)58-41)25-9-10-30-13-19-35(32-11-7-6-8-12-32)38(26-30)50-45(55)57-34-17-15-33(48)16-18-34/h6-8,11-14,19-24,26-27,33-34,42,49,53H,9-10,15-18,25,28-29,48H2,1-5H3,(H,50,55)(H,51,54)/t33?,34?,42-/m0/s1. The number of aromatic hydroxyl groups is 1. The van der Waals surface area contributed by atoms with Crippen molar-refractivity contribution in [3.63, 3.8) is 0 Å². The number of oxazole rings is 1. The largest absolute Gasteiger partial charge is 0.506 e. The van der Waals surface area contributed by atoms with E-state index in [1.165, 1.54) is 6.07 Å². The van der Waals surface area contributed by atoms with Crippen LogP contribution in [0.4, 0.5) is 10.5 Å². The van der Waals surface area contributed by atoms with Crippen LogP contribution < -0.4 is 27.7 Å². The van der Waals surface area contributed by atoms with Crippen LogP contribution in [-0.4, -0.2) is 47.8 Å². The summed E-state index contributed by atoms with van der Waals surface area (Å²) in [7, 11) is -2.26. The van der Waals surface area contributed by atoms with Gasteiger partial charge < -0.3 is 34.7 Å². The summed E-state index contributed by atoms with van der Waals surface area (Å²) in [6, 6.07) is 28.6. The summed E-state index contributed by atoms with van der Waals surface area (Å²) < 4.78 is 20.1. The number of pyridine rings is 1. The third-order valence-electron chi connectivity index (χ3n) is 12.1. The zero-order chi connectivity index (χ0) is 42.6. The fraction of sp³-hybridized carbons (Fsp3) is 0.383. The van der Waals surface area contributed by atoms with Gasteiger partial charge in [0.1, 0.15) is 11.9 Å². The molecule has 13 heteroatoms. The average molecular weight is 832 g/mol. The first-order valence-electron chi connectivity index (χ1n) is 20.9. The Morgan fingerprint density at radius 2 is 1.72 bits per heavy atom.